The molecule has 0 radical (unpaired) electrons. The van der Waals surface area contributed by atoms with Crippen LogP contribution in [0, 0.1) is 5.92 Å². The summed E-state index contributed by atoms with van der Waals surface area (Å²) < 4.78 is 11.2. The van der Waals surface area contributed by atoms with Crippen molar-refractivity contribution in [3.05, 3.63) is 11.8 Å². The number of piperidine rings is 1. The van der Waals surface area contributed by atoms with Gasteiger partial charge in [-0.15, -0.1) is 0 Å². The van der Waals surface area contributed by atoms with Crippen LogP contribution in [0.25, 0.3) is 0 Å². The zero-order valence-electron chi connectivity index (χ0n) is 8.62. The summed E-state index contributed by atoms with van der Waals surface area (Å²) in [7, 11) is 0. The van der Waals surface area contributed by atoms with Crippen LogP contribution in [0.4, 0.5) is 0 Å². The van der Waals surface area contributed by atoms with Gasteiger partial charge in [-0.25, -0.2) is 0 Å². The van der Waals surface area contributed by atoms with Crippen molar-refractivity contribution in [1.29, 1.82) is 0 Å². The topological polar surface area (TPSA) is 47.6 Å². The van der Waals surface area contributed by atoms with Crippen LogP contribution < -0.4 is 5.32 Å². The number of hydrogen-bond donors (Lipinski definition) is 1. The molecule has 1 amide bonds. The highest BCUT2D eigenvalue weighted by molar-refractivity contribution is 5.79. The molecule has 0 aromatic carbocycles. The number of ether oxygens (including phenoxy) is 2. The fourth-order valence-corrected chi connectivity index (χ4v) is 2.62. The van der Waals surface area contributed by atoms with Crippen molar-refractivity contribution < 1.29 is 14.3 Å². The normalized spacial score (nSPS) is 33.5. The molecule has 2 aliphatic heterocycles. The molecule has 0 bridgehead atoms. The third-order valence-corrected chi connectivity index (χ3v) is 3.44. The van der Waals surface area contributed by atoms with Gasteiger partial charge in [-0.2, -0.15) is 0 Å². The van der Waals surface area contributed by atoms with E-state index >= 15 is 0 Å². The first-order valence-electron chi connectivity index (χ1n) is 5.58. The second-order valence-corrected chi connectivity index (χ2v) is 4.43. The zero-order chi connectivity index (χ0) is 10.3. The number of hydrogen-bond acceptors (Lipinski definition) is 3. The van der Waals surface area contributed by atoms with Crippen LogP contribution in [0.15, 0.2) is 11.8 Å². The van der Waals surface area contributed by atoms with Gasteiger partial charge in [-0.05, 0) is 24.8 Å². The number of fused-ring (bicyclic) bond motifs is 1. The number of amides is 1. The number of allylic oxidation sites excluding steroid dienone is 1. The molecule has 1 spiro atoms. The Hall–Kier alpha value is -0.870. The van der Waals surface area contributed by atoms with Gasteiger partial charge in [0.05, 0.1) is 13.2 Å². The van der Waals surface area contributed by atoms with Gasteiger partial charge in [-0.3, -0.25) is 4.79 Å². The van der Waals surface area contributed by atoms with E-state index in [1.165, 1.54) is 0 Å². The Balaban J connectivity index is 1.86. The molecule has 15 heavy (non-hydrogen) atoms. The van der Waals surface area contributed by atoms with Gasteiger partial charge in [0.2, 0.25) is 5.91 Å². The van der Waals surface area contributed by atoms with Gasteiger partial charge < -0.3 is 14.8 Å². The molecule has 2 heterocycles. The van der Waals surface area contributed by atoms with Gasteiger partial charge in [0, 0.05) is 18.5 Å². The lowest BCUT2D eigenvalue weighted by Gasteiger charge is -2.36. The highest BCUT2D eigenvalue weighted by Gasteiger charge is 2.41. The van der Waals surface area contributed by atoms with E-state index in [0.29, 0.717) is 25.6 Å². The van der Waals surface area contributed by atoms with Crippen LogP contribution in [-0.2, 0) is 14.3 Å². The molecule has 1 unspecified atom stereocenters. The molecular weight excluding hydrogens is 194 g/mol. The van der Waals surface area contributed by atoms with Crippen molar-refractivity contribution in [1.82, 2.24) is 5.32 Å². The Labute approximate surface area is 88.6 Å². The summed E-state index contributed by atoms with van der Waals surface area (Å²) in [6.07, 6.45) is 5.55. The summed E-state index contributed by atoms with van der Waals surface area (Å²) in [5.41, 5.74) is 1.01. The summed E-state index contributed by atoms with van der Waals surface area (Å²) in [5.74, 6) is 0.0878. The van der Waals surface area contributed by atoms with E-state index in [1.54, 1.807) is 0 Å². The van der Waals surface area contributed by atoms with Crippen LogP contribution in [0.5, 0.6) is 0 Å². The molecule has 4 heteroatoms. The Bertz CT molecular complexity index is 318. The molecule has 1 atom stereocenters. The molecule has 0 aromatic rings. The molecule has 0 aromatic heterocycles. The summed E-state index contributed by atoms with van der Waals surface area (Å²) >= 11 is 0. The molecule has 3 rings (SSSR count). The minimum absolute atomic E-state index is 0.118. The van der Waals surface area contributed by atoms with Crippen molar-refractivity contribution in [3.63, 3.8) is 0 Å². The monoisotopic (exact) mass is 209 g/mol. The lowest BCUT2D eigenvalue weighted by atomic mass is 9.83. The van der Waals surface area contributed by atoms with E-state index in [0.717, 1.165) is 25.0 Å². The molecule has 1 N–H and O–H groups in total. The molecule has 3 aliphatic rings. The SMILES string of the molecule is O=C1CCC2CCC3(C=C2N1)OCCO3. The zero-order valence-corrected chi connectivity index (χ0v) is 8.62. The van der Waals surface area contributed by atoms with Crippen LogP contribution in [0.2, 0.25) is 0 Å². The van der Waals surface area contributed by atoms with Crippen LogP contribution >= 0.6 is 0 Å². The first kappa shape index (κ1) is 9.36. The van der Waals surface area contributed by atoms with Gasteiger partial charge in [0.15, 0.2) is 5.79 Å². The van der Waals surface area contributed by atoms with E-state index in [9.17, 15) is 4.79 Å². The van der Waals surface area contributed by atoms with Crippen molar-refractivity contribution in [2.75, 3.05) is 13.2 Å². The van der Waals surface area contributed by atoms with E-state index in [2.05, 4.69) is 5.32 Å². The quantitative estimate of drug-likeness (QED) is 0.645. The lowest BCUT2D eigenvalue weighted by molar-refractivity contribution is -0.132. The fourth-order valence-electron chi connectivity index (χ4n) is 2.62. The summed E-state index contributed by atoms with van der Waals surface area (Å²) in [6, 6.07) is 0. The second kappa shape index (κ2) is 3.32. The van der Waals surface area contributed by atoms with Gasteiger partial charge in [0.25, 0.3) is 0 Å². The number of carbonyl (C=O) groups excluding carboxylic acids is 1. The summed E-state index contributed by atoms with van der Waals surface area (Å²) in [5, 5.41) is 2.93. The maximum absolute atomic E-state index is 11.3. The first-order chi connectivity index (χ1) is 7.27. The maximum atomic E-state index is 11.3. The number of rotatable bonds is 0. The van der Waals surface area contributed by atoms with E-state index < -0.39 is 5.79 Å². The lowest BCUT2D eigenvalue weighted by Crippen LogP contribution is -2.41. The fraction of sp³-hybridized carbons (Fsp3) is 0.727. The highest BCUT2D eigenvalue weighted by Crippen LogP contribution is 2.39. The van der Waals surface area contributed by atoms with Crippen molar-refractivity contribution in [2.45, 2.75) is 31.5 Å². The van der Waals surface area contributed by atoms with Crippen molar-refractivity contribution >= 4 is 5.91 Å². The number of nitrogens with one attached hydrogen (secondary N) is 1. The number of carbonyl (C=O) groups is 1. The van der Waals surface area contributed by atoms with Crippen LogP contribution in [0.1, 0.15) is 25.7 Å². The molecule has 0 saturated carbocycles. The average molecular weight is 209 g/mol. The molecule has 2 saturated heterocycles. The smallest absolute Gasteiger partial charge is 0.224 e. The Morgan fingerprint density at radius 2 is 2.13 bits per heavy atom. The third-order valence-electron chi connectivity index (χ3n) is 3.44. The van der Waals surface area contributed by atoms with E-state index in [-0.39, 0.29) is 5.91 Å². The van der Waals surface area contributed by atoms with Crippen molar-refractivity contribution in [3.8, 4) is 0 Å². The van der Waals surface area contributed by atoms with Gasteiger partial charge >= 0.3 is 0 Å². The molecule has 4 nitrogen and oxygen atoms in total. The van der Waals surface area contributed by atoms with Crippen molar-refractivity contribution in [2.24, 2.45) is 5.92 Å². The Kier molecular flexibility index (Phi) is 2.07. The van der Waals surface area contributed by atoms with E-state index in [4.69, 9.17) is 9.47 Å². The molecule has 1 aliphatic carbocycles. The Morgan fingerprint density at radius 1 is 1.33 bits per heavy atom. The standard InChI is InChI=1S/C11H15NO3/c13-10-2-1-8-3-4-11(7-9(8)12-10)14-5-6-15-11/h7-8H,1-6H2,(H,12,13). The van der Waals surface area contributed by atoms with Gasteiger partial charge in [-0.1, -0.05) is 0 Å². The predicted molar refractivity (Wildman–Crippen MR) is 52.8 cm³/mol. The Morgan fingerprint density at radius 3 is 2.93 bits per heavy atom. The summed E-state index contributed by atoms with van der Waals surface area (Å²) in [6.45, 7) is 1.31. The van der Waals surface area contributed by atoms with Crippen LogP contribution in [0.3, 0.4) is 0 Å². The first-order valence-corrected chi connectivity index (χ1v) is 5.58. The molecule has 82 valence electrons. The second-order valence-electron chi connectivity index (χ2n) is 4.43. The third kappa shape index (κ3) is 1.58. The summed E-state index contributed by atoms with van der Waals surface area (Å²) in [4.78, 5) is 11.3. The highest BCUT2D eigenvalue weighted by atomic mass is 16.7. The van der Waals surface area contributed by atoms with E-state index in [1.807, 2.05) is 6.08 Å². The average Bonchev–Trinajstić information content (AvgIpc) is 2.66. The molecular formula is C11H15NO3. The minimum Gasteiger partial charge on any atom is -0.344 e. The predicted octanol–water partition coefficient (Wildman–Crippen LogP) is 0.933. The van der Waals surface area contributed by atoms with Gasteiger partial charge in [0.1, 0.15) is 0 Å². The minimum atomic E-state index is -0.531. The molecule has 2 fully saturated rings. The van der Waals surface area contributed by atoms with Crippen LogP contribution in [-0.4, -0.2) is 24.9 Å². The largest absolute Gasteiger partial charge is 0.344 e. The maximum Gasteiger partial charge on any atom is 0.224 e.